The van der Waals surface area contributed by atoms with Gasteiger partial charge in [-0.1, -0.05) is 13.0 Å². The first-order valence-corrected chi connectivity index (χ1v) is 6.63. The Hall–Kier alpha value is -1.88. The van der Waals surface area contributed by atoms with Crippen LogP contribution in [0.15, 0.2) is 29.2 Å². The highest BCUT2D eigenvalue weighted by Gasteiger charge is 2.08. The Balaban J connectivity index is 2.36. The van der Waals surface area contributed by atoms with Crippen LogP contribution in [0.2, 0.25) is 0 Å². The van der Waals surface area contributed by atoms with Crippen LogP contribution in [0, 0.1) is 0 Å². The Morgan fingerprint density at radius 3 is 2.79 bits per heavy atom. The molecule has 0 bridgehead atoms. The van der Waals surface area contributed by atoms with Crippen molar-refractivity contribution in [3.8, 4) is 0 Å². The summed E-state index contributed by atoms with van der Waals surface area (Å²) in [6.45, 7) is 5.74. The maximum absolute atomic E-state index is 12.1. The van der Waals surface area contributed by atoms with Gasteiger partial charge in [0.15, 0.2) is 0 Å². The van der Waals surface area contributed by atoms with Gasteiger partial charge in [-0.2, -0.15) is 5.10 Å². The van der Waals surface area contributed by atoms with E-state index in [1.54, 1.807) is 16.8 Å². The second kappa shape index (κ2) is 5.84. The van der Waals surface area contributed by atoms with Gasteiger partial charge in [-0.25, -0.2) is 0 Å². The van der Waals surface area contributed by atoms with E-state index in [1.807, 2.05) is 10.7 Å². The van der Waals surface area contributed by atoms with E-state index in [4.69, 9.17) is 5.73 Å². The summed E-state index contributed by atoms with van der Waals surface area (Å²) in [6.07, 6.45) is 2.69. The first-order valence-electron chi connectivity index (χ1n) is 6.63. The van der Waals surface area contributed by atoms with Crippen molar-refractivity contribution in [3.05, 3.63) is 51.7 Å². The van der Waals surface area contributed by atoms with Crippen molar-refractivity contribution in [1.82, 2.24) is 14.3 Å². The van der Waals surface area contributed by atoms with E-state index in [1.165, 1.54) is 0 Å². The number of hydrogen-bond donors (Lipinski definition) is 1. The Bertz CT molecular complexity index is 612. The minimum atomic E-state index is -0.0214. The van der Waals surface area contributed by atoms with Gasteiger partial charge in [-0.15, -0.1) is 0 Å². The van der Waals surface area contributed by atoms with Crippen LogP contribution in [-0.4, -0.2) is 14.3 Å². The molecule has 19 heavy (non-hydrogen) atoms. The lowest BCUT2D eigenvalue weighted by atomic mass is 10.2. The van der Waals surface area contributed by atoms with Crippen LogP contribution in [-0.2, 0) is 26.1 Å². The van der Waals surface area contributed by atoms with E-state index in [-0.39, 0.29) is 12.1 Å². The van der Waals surface area contributed by atoms with Crippen molar-refractivity contribution in [2.45, 2.75) is 39.9 Å². The molecule has 0 saturated heterocycles. The highest BCUT2D eigenvalue weighted by Crippen LogP contribution is 2.07. The molecule has 0 aromatic carbocycles. The molecule has 5 heteroatoms. The minimum Gasteiger partial charge on any atom is -0.326 e. The fraction of sp³-hybridized carbons (Fsp3) is 0.429. The SMILES string of the molecule is CCc1cc(Cn2cccc(CN)c2=O)n(CC)n1. The van der Waals surface area contributed by atoms with E-state index in [0.717, 1.165) is 24.4 Å². The third-order valence-corrected chi connectivity index (χ3v) is 3.23. The maximum atomic E-state index is 12.1. The number of pyridine rings is 1. The van der Waals surface area contributed by atoms with Crippen LogP contribution in [0.25, 0.3) is 0 Å². The van der Waals surface area contributed by atoms with E-state index in [2.05, 4.69) is 25.0 Å². The monoisotopic (exact) mass is 260 g/mol. The van der Waals surface area contributed by atoms with Crippen LogP contribution in [0.5, 0.6) is 0 Å². The molecule has 0 spiro atoms. The third-order valence-electron chi connectivity index (χ3n) is 3.23. The summed E-state index contributed by atoms with van der Waals surface area (Å²) < 4.78 is 3.63. The van der Waals surface area contributed by atoms with Crippen LogP contribution in [0.4, 0.5) is 0 Å². The fourth-order valence-corrected chi connectivity index (χ4v) is 2.13. The average Bonchev–Trinajstić information content (AvgIpc) is 2.83. The summed E-state index contributed by atoms with van der Waals surface area (Å²) in [6, 6.07) is 5.69. The fourth-order valence-electron chi connectivity index (χ4n) is 2.13. The molecule has 0 aliphatic carbocycles. The molecule has 5 nitrogen and oxygen atoms in total. The quantitative estimate of drug-likeness (QED) is 0.876. The molecule has 0 saturated carbocycles. The molecule has 0 amide bonds. The van der Waals surface area contributed by atoms with Crippen molar-refractivity contribution in [1.29, 1.82) is 0 Å². The molecule has 0 aliphatic rings. The first-order chi connectivity index (χ1) is 9.19. The van der Waals surface area contributed by atoms with E-state index < -0.39 is 0 Å². The number of aryl methyl sites for hydroxylation is 2. The van der Waals surface area contributed by atoms with Gasteiger partial charge in [0.05, 0.1) is 17.9 Å². The van der Waals surface area contributed by atoms with E-state index in [9.17, 15) is 4.79 Å². The summed E-state index contributed by atoms with van der Waals surface area (Å²) in [5, 5.41) is 4.49. The summed E-state index contributed by atoms with van der Waals surface area (Å²) in [5.74, 6) is 0. The lowest BCUT2D eigenvalue weighted by molar-refractivity contribution is 0.588. The van der Waals surface area contributed by atoms with Crippen molar-refractivity contribution in [2.24, 2.45) is 5.73 Å². The molecule has 0 fully saturated rings. The number of aromatic nitrogens is 3. The van der Waals surface area contributed by atoms with Crippen LogP contribution >= 0.6 is 0 Å². The lowest BCUT2D eigenvalue weighted by Crippen LogP contribution is -2.25. The highest BCUT2D eigenvalue weighted by molar-refractivity contribution is 5.14. The van der Waals surface area contributed by atoms with Crippen molar-refractivity contribution < 1.29 is 0 Å². The Morgan fingerprint density at radius 1 is 1.37 bits per heavy atom. The molecule has 2 aromatic heterocycles. The Morgan fingerprint density at radius 2 is 2.16 bits per heavy atom. The lowest BCUT2D eigenvalue weighted by Gasteiger charge is -2.08. The number of nitrogens with zero attached hydrogens (tertiary/aromatic N) is 3. The standard InChI is InChI=1S/C14H20N4O/c1-3-12-8-13(18(4-2)16-12)10-17-7-5-6-11(9-15)14(17)19/h5-8H,3-4,9-10,15H2,1-2H3. The van der Waals surface area contributed by atoms with E-state index >= 15 is 0 Å². The second-order valence-corrected chi connectivity index (χ2v) is 4.47. The first kappa shape index (κ1) is 13.5. The molecule has 0 radical (unpaired) electrons. The van der Waals surface area contributed by atoms with Gasteiger partial charge in [0, 0.05) is 24.8 Å². The van der Waals surface area contributed by atoms with Gasteiger partial charge in [-0.3, -0.25) is 9.48 Å². The molecule has 2 heterocycles. The van der Waals surface area contributed by atoms with Gasteiger partial charge >= 0.3 is 0 Å². The van der Waals surface area contributed by atoms with Crippen molar-refractivity contribution in [2.75, 3.05) is 0 Å². The average molecular weight is 260 g/mol. The molecule has 0 unspecified atom stereocenters. The second-order valence-electron chi connectivity index (χ2n) is 4.47. The summed E-state index contributed by atoms with van der Waals surface area (Å²) in [7, 11) is 0. The largest absolute Gasteiger partial charge is 0.326 e. The summed E-state index contributed by atoms with van der Waals surface area (Å²) >= 11 is 0. The van der Waals surface area contributed by atoms with Gasteiger partial charge in [-0.05, 0) is 25.5 Å². The van der Waals surface area contributed by atoms with E-state index in [0.29, 0.717) is 12.1 Å². The molecule has 0 aliphatic heterocycles. The molecule has 2 aromatic rings. The normalized spacial score (nSPS) is 10.9. The Kier molecular flexibility index (Phi) is 4.16. The summed E-state index contributed by atoms with van der Waals surface area (Å²) in [5.41, 5.74) is 8.29. The van der Waals surface area contributed by atoms with Gasteiger partial charge in [0.25, 0.3) is 5.56 Å². The van der Waals surface area contributed by atoms with Gasteiger partial charge in [0.1, 0.15) is 0 Å². The Labute approximate surface area is 112 Å². The zero-order valence-corrected chi connectivity index (χ0v) is 11.5. The van der Waals surface area contributed by atoms with Crippen LogP contribution < -0.4 is 11.3 Å². The predicted molar refractivity (Wildman–Crippen MR) is 75.0 cm³/mol. The van der Waals surface area contributed by atoms with Crippen molar-refractivity contribution >= 4 is 0 Å². The third kappa shape index (κ3) is 2.76. The van der Waals surface area contributed by atoms with Crippen molar-refractivity contribution in [3.63, 3.8) is 0 Å². The molecule has 102 valence electrons. The zero-order valence-electron chi connectivity index (χ0n) is 11.5. The molecule has 2 N–H and O–H groups in total. The predicted octanol–water partition coefficient (Wildman–Crippen LogP) is 1.13. The number of rotatable bonds is 5. The molecular formula is C14H20N4O. The van der Waals surface area contributed by atoms with Crippen LogP contribution in [0.3, 0.4) is 0 Å². The highest BCUT2D eigenvalue weighted by atomic mass is 16.1. The zero-order chi connectivity index (χ0) is 13.8. The molecule has 2 rings (SSSR count). The maximum Gasteiger partial charge on any atom is 0.255 e. The minimum absolute atomic E-state index is 0.0214. The molecule has 0 atom stereocenters. The molecular weight excluding hydrogens is 240 g/mol. The smallest absolute Gasteiger partial charge is 0.255 e. The topological polar surface area (TPSA) is 65.8 Å². The number of hydrogen-bond acceptors (Lipinski definition) is 3. The number of nitrogens with two attached hydrogens (primary N) is 1. The van der Waals surface area contributed by atoms with Gasteiger partial charge < -0.3 is 10.3 Å². The summed E-state index contributed by atoms with van der Waals surface area (Å²) in [4.78, 5) is 12.1. The van der Waals surface area contributed by atoms with Crippen LogP contribution in [0.1, 0.15) is 30.8 Å². The van der Waals surface area contributed by atoms with Gasteiger partial charge in [0.2, 0.25) is 0 Å².